The molecule has 4 rings (SSSR count). The molecule has 0 aliphatic heterocycles. The van der Waals surface area contributed by atoms with Gasteiger partial charge in [-0.15, -0.1) is 0 Å². The highest BCUT2D eigenvalue weighted by Crippen LogP contribution is 2.27. The van der Waals surface area contributed by atoms with Gasteiger partial charge in [0, 0.05) is 11.3 Å². The minimum absolute atomic E-state index is 0.247. The minimum Gasteiger partial charge on any atom is -0.497 e. The molecule has 6 heteroatoms. The van der Waals surface area contributed by atoms with Crippen molar-refractivity contribution >= 4 is 11.6 Å². The van der Waals surface area contributed by atoms with Crippen molar-refractivity contribution in [3.8, 4) is 28.6 Å². The first-order valence-corrected chi connectivity index (χ1v) is 8.68. The van der Waals surface area contributed by atoms with Crippen molar-refractivity contribution in [2.75, 3.05) is 12.4 Å². The maximum absolute atomic E-state index is 12.8. The molecular weight excluding hydrogens is 354 g/mol. The van der Waals surface area contributed by atoms with E-state index in [9.17, 15) is 4.79 Å². The molecule has 0 spiro atoms. The molecule has 1 amide bonds. The Kier molecular flexibility index (Phi) is 4.84. The maximum atomic E-state index is 12.8. The first-order chi connectivity index (χ1) is 13.7. The second-order valence-electron chi connectivity index (χ2n) is 6.02. The molecule has 0 saturated carbocycles. The van der Waals surface area contributed by atoms with Crippen LogP contribution in [0.25, 0.3) is 22.8 Å². The number of para-hydroxylation sites is 1. The third-order valence-corrected chi connectivity index (χ3v) is 4.19. The molecule has 0 aliphatic carbocycles. The zero-order chi connectivity index (χ0) is 19.3. The maximum Gasteiger partial charge on any atom is 0.259 e. The second kappa shape index (κ2) is 7.75. The molecule has 138 valence electrons. The second-order valence-corrected chi connectivity index (χ2v) is 6.02. The van der Waals surface area contributed by atoms with Gasteiger partial charge in [0.05, 0.1) is 18.2 Å². The summed E-state index contributed by atoms with van der Waals surface area (Å²) in [6.07, 6.45) is 0. The number of carbonyl (C=O) groups excluding carboxylic acids is 1. The molecule has 1 heterocycles. The molecule has 1 N–H and O–H groups in total. The van der Waals surface area contributed by atoms with Crippen LogP contribution < -0.4 is 10.1 Å². The summed E-state index contributed by atoms with van der Waals surface area (Å²) >= 11 is 0. The molecule has 0 unspecified atom stereocenters. The first kappa shape index (κ1) is 17.5. The van der Waals surface area contributed by atoms with Crippen LogP contribution in [0.15, 0.2) is 83.4 Å². The van der Waals surface area contributed by atoms with Gasteiger partial charge in [-0.05, 0) is 36.4 Å². The quantitative estimate of drug-likeness (QED) is 0.552. The largest absolute Gasteiger partial charge is 0.497 e. The lowest BCUT2D eigenvalue weighted by Gasteiger charge is -2.07. The summed E-state index contributed by atoms with van der Waals surface area (Å²) in [6.45, 7) is 0. The zero-order valence-electron chi connectivity index (χ0n) is 15.1. The number of rotatable bonds is 5. The van der Waals surface area contributed by atoms with E-state index in [1.165, 1.54) is 0 Å². The molecule has 0 atom stereocenters. The summed E-state index contributed by atoms with van der Waals surface area (Å²) in [4.78, 5) is 17.2. The number of nitrogens with one attached hydrogen (secondary N) is 1. The summed E-state index contributed by atoms with van der Waals surface area (Å²) in [5.74, 6) is 1.15. The fourth-order valence-corrected chi connectivity index (χ4v) is 2.80. The smallest absolute Gasteiger partial charge is 0.259 e. The highest BCUT2D eigenvalue weighted by molar-refractivity contribution is 6.08. The van der Waals surface area contributed by atoms with Crippen molar-refractivity contribution < 1.29 is 14.1 Å². The monoisotopic (exact) mass is 371 g/mol. The van der Waals surface area contributed by atoms with Crippen molar-refractivity contribution in [2.45, 2.75) is 0 Å². The average Bonchev–Trinajstić information content (AvgIpc) is 3.25. The van der Waals surface area contributed by atoms with Gasteiger partial charge in [-0.3, -0.25) is 4.79 Å². The van der Waals surface area contributed by atoms with Gasteiger partial charge < -0.3 is 14.6 Å². The molecule has 1 aromatic heterocycles. The lowest BCUT2D eigenvalue weighted by atomic mass is 10.1. The van der Waals surface area contributed by atoms with E-state index in [1.807, 2.05) is 60.7 Å². The lowest BCUT2D eigenvalue weighted by molar-refractivity contribution is 0.102. The number of aromatic nitrogens is 2. The van der Waals surface area contributed by atoms with Crippen LogP contribution in [0.5, 0.6) is 5.75 Å². The number of amides is 1. The molecule has 0 saturated heterocycles. The van der Waals surface area contributed by atoms with Gasteiger partial charge in [-0.1, -0.05) is 47.6 Å². The van der Waals surface area contributed by atoms with E-state index in [2.05, 4.69) is 15.5 Å². The van der Waals surface area contributed by atoms with E-state index < -0.39 is 0 Å². The van der Waals surface area contributed by atoms with Crippen molar-refractivity contribution in [1.29, 1.82) is 0 Å². The van der Waals surface area contributed by atoms with Gasteiger partial charge in [0.1, 0.15) is 5.75 Å². The van der Waals surface area contributed by atoms with Gasteiger partial charge in [-0.2, -0.15) is 4.98 Å². The van der Waals surface area contributed by atoms with Gasteiger partial charge in [0.15, 0.2) is 0 Å². The minimum atomic E-state index is -0.247. The van der Waals surface area contributed by atoms with E-state index in [4.69, 9.17) is 9.26 Å². The Morgan fingerprint density at radius 1 is 0.964 bits per heavy atom. The van der Waals surface area contributed by atoms with Crippen molar-refractivity contribution in [1.82, 2.24) is 10.1 Å². The van der Waals surface area contributed by atoms with Crippen LogP contribution in [0, 0.1) is 0 Å². The van der Waals surface area contributed by atoms with Gasteiger partial charge in [0.25, 0.3) is 11.8 Å². The van der Waals surface area contributed by atoms with Crippen molar-refractivity contribution in [3.05, 3.63) is 84.4 Å². The van der Waals surface area contributed by atoms with E-state index in [0.717, 1.165) is 5.56 Å². The topological polar surface area (TPSA) is 77.2 Å². The predicted octanol–water partition coefficient (Wildman–Crippen LogP) is 4.66. The first-order valence-electron chi connectivity index (χ1n) is 8.68. The van der Waals surface area contributed by atoms with E-state index in [0.29, 0.717) is 28.4 Å². The number of methoxy groups -OCH3 is 1. The molecule has 4 aromatic rings. The van der Waals surface area contributed by atoms with Crippen LogP contribution >= 0.6 is 0 Å². The van der Waals surface area contributed by atoms with Crippen LogP contribution in [0.2, 0.25) is 0 Å². The molecule has 0 aliphatic rings. The fraction of sp³-hybridized carbons (Fsp3) is 0.0455. The normalized spacial score (nSPS) is 10.5. The standard InChI is InChI=1S/C22H17N3O3/c1-27-17-11-7-8-15(14-17)20-24-22(28-25-20)19-13-6-5-12-18(19)21(26)23-16-9-3-2-4-10-16/h2-14H,1H3,(H,23,26). The fourth-order valence-electron chi connectivity index (χ4n) is 2.80. The van der Waals surface area contributed by atoms with Gasteiger partial charge >= 0.3 is 0 Å². The molecule has 0 radical (unpaired) electrons. The number of benzene rings is 3. The molecule has 6 nitrogen and oxygen atoms in total. The molecule has 0 fully saturated rings. The predicted molar refractivity (Wildman–Crippen MR) is 106 cm³/mol. The summed E-state index contributed by atoms with van der Waals surface area (Å²) in [6, 6.07) is 23.8. The van der Waals surface area contributed by atoms with Crippen LogP contribution in [0.1, 0.15) is 10.4 Å². The molecule has 28 heavy (non-hydrogen) atoms. The Morgan fingerprint density at radius 2 is 1.75 bits per heavy atom. The summed E-state index contributed by atoms with van der Waals surface area (Å²) < 4.78 is 10.7. The molecule has 0 bridgehead atoms. The van der Waals surface area contributed by atoms with E-state index in [-0.39, 0.29) is 11.8 Å². The van der Waals surface area contributed by atoms with Crippen LogP contribution in [-0.4, -0.2) is 23.2 Å². The SMILES string of the molecule is COc1cccc(-c2noc(-c3ccccc3C(=O)Nc3ccccc3)n2)c1. The lowest BCUT2D eigenvalue weighted by Crippen LogP contribution is -2.13. The Bertz CT molecular complexity index is 1110. The summed E-state index contributed by atoms with van der Waals surface area (Å²) in [7, 11) is 1.60. The summed E-state index contributed by atoms with van der Waals surface area (Å²) in [5.41, 5.74) is 2.50. The summed E-state index contributed by atoms with van der Waals surface area (Å²) in [5, 5.41) is 6.93. The highest BCUT2D eigenvalue weighted by atomic mass is 16.5. The Balaban J connectivity index is 1.65. The third kappa shape index (κ3) is 3.61. The number of hydrogen-bond acceptors (Lipinski definition) is 5. The number of anilines is 1. The van der Waals surface area contributed by atoms with E-state index >= 15 is 0 Å². The highest BCUT2D eigenvalue weighted by Gasteiger charge is 2.18. The van der Waals surface area contributed by atoms with Crippen molar-refractivity contribution in [2.24, 2.45) is 0 Å². The Morgan fingerprint density at radius 3 is 2.57 bits per heavy atom. The molecule has 3 aromatic carbocycles. The number of ether oxygens (including phenoxy) is 1. The Labute approximate surface area is 161 Å². The third-order valence-electron chi connectivity index (χ3n) is 4.19. The Hall–Kier alpha value is -3.93. The van der Waals surface area contributed by atoms with Crippen LogP contribution in [0.3, 0.4) is 0 Å². The van der Waals surface area contributed by atoms with E-state index in [1.54, 1.807) is 25.3 Å². The number of hydrogen-bond donors (Lipinski definition) is 1. The molecular formula is C22H17N3O3. The number of carbonyl (C=O) groups is 1. The van der Waals surface area contributed by atoms with Gasteiger partial charge in [0.2, 0.25) is 5.82 Å². The van der Waals surface area contributed by atoms with Gasteiger partial charge in [-0.25, -0.2) is 0 Å². The van der Waals surface area contributed by atoms with Crippen molar-refractivity contribution in [3.63, 3.8) is 0 Å². The van der Waals surface area contributed by atoms with Crippen LogP contribution in [0.4, 0.5) is 5.69 Å². The zero-order valence-corrected chi connectivity index (χ0v) is 15.1. The average molecular weight is 371 g/mol. The number of nitrogens with zero attached hydrogens (tertiary/aromatic N) is 2. The van der Waals surface area contributed by atoms with Crippen LogP contribution in [-0.2, 0) is 0 Å².